The van der Waals surface area contributed by atoms with Gasteiger partial charge in [0.05, 0.1) is 0 Å². The van der Waals surface area contributed by atoms with Crippen LogP contribution in [0.2, 0.25) is 0 Å². The number of benzene rings is 1. The zero-order valence-corrected chi connectivity index (χ0v) is 10.8. The van der Waals surface area contributed by atoms with Gasteiger partial charge in [0.1, 0.15) is 0 Å². The van der Waals surface area contributed by atoms with Gasteiger partial charge in [-0.2, -0.15) is 0 Å². The zero-order chi connectivity index (χ0) is 12.5. The molecule has 0 fully saturated rings. The topological polar surface area (TPSA) is 38.9 Å². The minimum atomic E-state index is 0.169. The van der Waals surface area contributed by atoms with Crippen molar-refractivity contribution in [3.63, 3.8) is 0 Å². The third-order valence-electron chi connectivity index (χ3n) is 2.77. The van der Waals surface area contributed by atoms with E-state index in [9.17, 15) is 0 Å². The first-order valence-electron chi connectivity index (χ1n) is 5.94. The van der Waals surface area contributed by atoms with Gasteiger partial charge < -0.3 is 4.42 Å². The van der Waals surface area contributed by atoms with Crippen molar-refractivity contribution in [1.82, 2.24) is 10.2 Å². The smallest absolute Gasteiger partial charge is 0.247 e. The second kappa shape index (κ2) is 4.32. The van der Waals surface area contributed by atoms with Crippen molar-refractivity contribution in [2.24, 2.45) is 0 Å². The molecule has 0 atom stereocenters. The van der Waals surface area contributed by atoms with E-state index >= 15 is 0 Å². The zero-order valence-electron chi connectivity index (χ0n) is 10.8. The maximum atomic E-state index is 5.52. The summed E-state index contributed by atoms with van der Waals surface area (Å²) in [5.74, 6) is 1.28. The highest BCUT2D eigenvalue weighted by molar-refractivity contribution is 5.53. The van der Waals surface area contributed by atoms with Crippen molar-refractivity contribution in [1.29, 1.82) is 0 Å². The summed E-state index contributed by atoms with van der Waals surface area (Å²) < 4.78 is 5.52. The van der Waals surface area contributed by atoms with Gasteiger partial charge in [-0.15, -0.1) is 10.2 Å². The molecule has 0 aliphatic heterocycles. The molecule has 1 aromatic carbocycles. The van der Waals surface area contributed by atoms with E-state index in [1.165, 1.54) is 5.56 Å². The van der Waals surface area contributed by atoms with Gasteiger partial charge in [-0.3, -0.25) is 0 Å². The molecule has 3 heteroatoms. The van der Waals surface area contributed by atoms with Crippen LogP contribution in [0.15, 0.2) is 28.7 Å². The average Bonchev–Trinajstić information content (AvgIpc) is 2.76. The highest BCUT2D eigenvalue weighted by Crippen LogP contribution is 2.25. The predicted octanol–water partition coefficient (Wildman–Crippen LogP) is 3.60. The van der Waals surface area contributed by atoms with E-state index in [4.69, 9.17) is 4.42 Å². The molecule has 0 radical (unpaired) electrons. The largest absolute Gasteiger partial charge is 0.421 e. The summed E-state index contributed by atoms with van der Waals surface area (Å²) in [6.45, 7) is 8.59. The fourth-order valence-corrected chi connectivity index (χ4v) is 1.63. The van der Waals surface area contributed by atoms with E-state index in [0.717, 1.165) is 12.0 Å². The van der Waals surface area contributed by atoms with Gasteiger partial charge in [0, 0.05) is 12.0 Å². The molecule has 0 aliphatic carbocycles. The molecule has 90 valence electrons. The first-order valence-corrected chi connectivity index (χ1v) is 5.94. The maximum Gasteiger partial charge on any atom is 0.247 e. The Bertz CT molecular complexity index is 492. The van der Waals surface area contributed by atoms with Crippen LogP contribution in [-0.4, -0.2) is 10.2 Å². The quantitative estimate of drug-likeness (QED) is 0.791. The van der Waals surface area contributed by atoms with Crippen LogP contribution < -0.4 is 0 Å². The minimum absolute atomic E-state index is 0.169. The Balaban J connectivity index is 2.29. The standard InChI is InChI=1S/C14H18N2O/c1-5-12-15-16-13(17-12)10-6-8-11(9-7-10)14(2,3)4/h6-9H,5H2,1-4H3. The lowest BCUT2D eigenvalue weighted by Gasteiger charge is -2.18. The lowest BCUT2D eigenvalue weighted by molar-refractivity contribution is 0.512. The lowest BCUT2D eigenvalue weighted by atomic mass is 9.87. The van der Waals surface area contributed by atoms with Gasteiger partial charge in [-0.25, -0.2) is 0 Å². The van der Waals surface area contributed by atoms with Crippen molar-refractivity contribution >= 4 is 0 Å². The van der Waals surface area contributed by atoms with Gasteiger partial charge in [0.2, 0.25) is 11.8 Å². The van der Waals surface area contributed by atoms with Crippen molar-refractivity contribution in [2.75, 3.05) is 0 Å². The van der Waals surface area contributed by atoms with E-state index in [2.05, 4.69) is 43.1 Å². The Labute approximate surface area is 102 Å². The van der Waals surface area contributed by atoms with Crippen LogP contribution in [0.1, 0.15) is 39.1 Å². The molecule has 2 aromatic rings. The predicted molar refractivity (Wildman–Crippen MR) is 67.8 cm³/mol. The second-order valence-electron chi connectivity index (χ2n) is 5.18. The SMILES string of the molecule is CCc1nnc(-c2ccc(C(C)(C)C)cc2)o1. The lowest BCUT2D eigenvalue weighted by Crippen LogP contribution is -2.10. The first kappa shape index (κ1) is 11.8. The molecule has 0 spiro atoms. The monoisotopic (exact) mass is 230 g/mol. The molecule has 0 amide bonds. The molecule has 0 saturated heterocycles. The third-order valence-corrected chi connectivity index (χ3v) is 2.77. The van der Waals surface area contributed by atoms with Crippen molar-refractivity contribution in [3.05, 3.63) is 35.7 Å². The summed E-state index contributed by atoms with van der Waals surface area (Å²) in [5.41, 5.74) is 2.45. The van der Waals surface area contributed by atoms with Crippen LogP contribution in [0, 0.1) is 0 Å². The van der Waals surface area contributed by atoms with Gasteiger partial charge >= 0.3 is 0 Å². The minimum Gasteiger partial charge on any atom is -0.421 e. The molecular weight excluding hydrogens is 212 g/mol. The summed E-state index contributed by atoms with van der Waals surface area (Å²) in [7, 11) is 0. The molecule has 0 unspecified atom stereocenters. The Morgan fingerprint density at radius 1 is 1.06 bits per heavy atom. The number of nitrogens with zero attached hydrogens (tertiary/aromatic N) is 2. The van der Waals surface area contributed by atoms with Crippen molar-refractivity contribution in [3.8, 4) is 11.5 Å². The Morgan fingerprint density at radius 2 is 1.71 bits per heavy atom. The number of rotatable bonds is 2. The number of aromatic nitrogens is 2. The van der Waals surface area contributed by atoms with Gasteiger partial charge in [-0.05, 0) is 23.1 Å². The van der Waals surface area contributed by atoms with E-state index in [0.29, 0.717) is 11.8 Å². The third kappa shape index (κ3) is 2.54. The fourth-order valence-electron chi connectivity index (χ4n) is 1.63. The Morgan fingerprint density at radius 3 is 2.18 bits per heavy atom. The van der Waals surface area contributed by atoms with Crippen LogP contribution in [0.5, 0.6) is 0 Å². The van der Waals surface area contributed by atoms with Crippen molar-refractivity contribution in [2.45, 2.75) is 39.5 Å². The molecule has 17 heavy (non-hydrogen) atoms. The molecule has 1 heterocycles. The Kier molecular flexibility index (Phi) is 3.01. The first-order chi connectivity index (χ1) is 8.00. The molecular formula is C14H18N2O. The number of hydrogen-bond acceptors (Lipinski definition) is 3. The molecule has 0 N–H and O–H groups in total. The molecule has 0 aliphatic rings. The van der Waals surface area contributed by atoms with Crippen LogP contribution >= 0.6 is 0 Å². The second-order valence-corrected chi connectivity index (χ2v) is 5.18. The van der Waals surface area contributed by atoms with E-state index < -0.39 is 0 Å². The van der Waals surface area contributed by atoms with Crippen LogP contribution in [0.3, 0.4) is 0 Å². The van der Waals surface area contributed by atoms with E-state index in [1.807, 2.05) is 19.1 Å². The molecule has 0 bridgehead atoms. The molecule has 3 nitrogen and oxygen atoms in total. The molecule has 0 saturated carbocycles. The molecule has 2 rings (SSSR count). The normalized spacial score (nSPS) is 11.8. The highest BCUT2D eigenvalue weighted by atomic mass is 16.4. The number of hydrogen-bond donors (Lipinski definition) is 0. The Hall–Kier alpha value is -1.64. The van der Waals surface area contributed by atoms with Gasteiger partial charge in [-0.1, -0.05) is 39.8 Å². The average molecular weight is 230 g/mol. The summed E-state index contributed by atoms with van der Waals surface area (Å²) >= 11 is 0. The summed E-state index contributed by atoms with van der Waals surface area (Å²) in [4.78, 5) is 0. The maximum absolute atomic E-state index is 5.52. The van der Waals surface area contributed by atoms with Crippen LogP contribution in [-0.2, 0) is 11.8 Å². The van der Waals surface area contributed by atoms with Crippen LogP contribution in [0.4, 0.5) is 0 Å². The highest BCUT2D eigenvalue weighted by Gasteiger charge is 2.14. The van der Waals surface area contributed by atoms with E-state index in [1.54, 1.807) is 0 Å². The number of aryl methyl sites for hydroxylation is 1. The van der Waals surface area contributed by atoms with Crippen LogP contribution in [0.25, 0.3) is 11.5 Å². The van der Waals surface area contributed by atoms with Gasteiger partial charge in [0.15, 0.2) is 0 Å². The summed E-state index contributed by atoms with van der Waals surface area (Å²) in [6, 6.07) is 8.30. The molecule has 1 aromatic heterocycles. The van der Waals surface area contributed by atoms with E-state index in [-0.39, 0.29) is 5.41 Å². The van der Waals surface area contributed by atoms with Gasteiger partial charge in [0.25, 0.3) is 0 Å². The summed E-state index contributed by atoms with van der Waals surface area (Å²) in [5, 5.41) is 8.00. The fraction of sp³-hybridized carbons (Fsp3) is 0.429. The summed E-state index contributed by atoms with van der Waals surface area (Å²) in [6.07, 6.45) is 0.771. The van der Waals surface area contributed by atoms with Crippen molar-refractivity contribution < 1.29 is 4.42 Å².